The SMILES string of the molecule is Cc1noc(C2CCCN(C(=O)c3cccnc3SCc3cc(C)on3)C2)n1. The number of nitrogens with zero attached hydrogens (tertiary/aromatic N) is 5. The lowest BCUT2D eigenvalue weighted by molar-refractivity contribution is 0.0691. The smallest absolute Gasteiger partial charge is 0.256 e. The van der Waals surface area contributed by atoms with E-state index in [1.54, 1.807) is 19.2 Å². The van der Waals surface area contributed by atoms with Gasteiger partial charge in [-0.1, -0.05) is 22.1 Å². The summed E-state index contributed by atoms with van der Waals surface area (Å²) in [6, 6.07) is 5.51. The molecule has 3 aromatic rings. The van der Waals surface area contributed by atoms with Crippen molar-refractivity contribution in [2.45, 2.75) is 43.4 Å². The van der Waals surface area contributed by atoms with Crippen molar-refractivity contribution >= 4 is 17.7 Å². The Morgan fingerprint density at radius 3 is 2.96 bits per heavy atom. The number of rotatable bonds is 5. The molecule has 146 valence electrons. The number of aryl methyl sites for hydroxylation is 2. The minimum absolute atomic E-state index is 0.0205. The van der Waals surface area contributed by atoms with Gasteiger partial charge in [0.25, 0.3) is 5.91 Å². The van der Waals surface area contributed by atoms with Crippen LogP contribution in [0, 0.1) is 13.8 Å². The molecule has 0 aromatic carbocycles. The maximum Gasteiger partial charge on any atom is 0.256 e. The fraction of sp³-hybridized carbons (Fsp3) is 0.421. The molecule has 3 aromatic heterocycles. The fourth-order valence-electron chi connectivity index (χ4n) is 3.31. The van der Waals surface area contributed by atoms with Gasteiger partial charge in [-0.3, -0.25) is 4.79 Å². The lowest BCUT2D eigenvalue weighted by Gasteiger charge is -2.31. The van der Waals surface area contributed by atoms with E-state index < -0.39 is 0 Å². The van der Waals surface area contributed by atoms with Gasteiger partial charge in [0.05, 0.1) is 17.2 Å². The van der Waals surface area contributed by atoms with E-state index in [-0.39, 0.29) is 11.8 Å². The molecule has 0 bridgehead atoms. The van der Waals surface area contributed by atoms with Crippen LogP contribution >= 0.6 is 11.8 Å². The van der Waals surface area contributed by atoms with Gasteiger partial charge in [-0.25, -0.2) is 4.98 Å². The van der Waals surface area contributed by atoms with Crippen LogP contribution in [0.1, 0.15) is 52.3 Å². The van der Waals surface area contributed by atoms with Crippen molar-refractivity contribution in [2.75, 3.05) is 13.1 Å². The van der Waals surface area contributed by atoms with Crippen LogP contribution in [0.3, 0.4) is 0 Å². The molecule has 1 unspecified atom stereocenters. The lowest BCUT2D eigenvalue weighted by atomic mass is 9.97. The van der Waals surface area contributed by atoms with Gasteiger partial charge in [0.2, 0.25) is 5.89 Å². The molecule has 1 saturated heterocycles. The van der Waals surface area contributed by atoms with Gasteiger partial charge in [-0.2, -0.15) is 4.98 Å². The van der Waals surface area contributed by atoms with Crippen LogP contribution in [0.2, 0.25) is 0 Å². The van der Waals surface area contributed by atoms with Crippen LogP contribution in [-0.2, 0) is 5.75 Å². The summed E-state index contributed by atoms with van der Waals surface area (Å²) in [6.45, 7) is 4.94. The molecular formula is C19H21N5O3S. The third-order valence-corrected chi connectivity index (χ3v) is 5.68. The van der Waals surface area contributed by atoms with Gasteiger partial charge in [0.15, 0.2) is 5.82 Å². The van der Waals surface area contributed by atoms with Crippen LogP contribution in [0.4, 0.5) is 0 Å². The second-order valence-corrected chi connectivity index (χ2v) is 7.81. The van der Waals surface area contributed by atoms with Crippen LogP contribution in [0.15, 0.2) is 38.5 Å². The Morgan fingerprint density at radius 1 is 1.32 bits per heavy atom. The fourth-order valence-corrected chi connectivity index (χ4v) is 4.18. The number of carbonyl (C=O) groups is 1. The Labute approximate surface area is 166 Å². The lowest BCUT2D eigenvalue weighted by Crippen LogP contribution is -2.39. The molecule has 0 saturated carbocycles. The molecular weight excluding hydrogens is 378 g/mol. The van der Waals surface area contributed by atoms with Gasteiger partial charge >= 0.3 is 0 Å². The predicted octanol–water partition coefficient (Wildman–Crippen LogP) is 3.38. The van der Waals surface area contributed by atoms with Crippen LogP contribution in [0.5, 0.6) is 0 Å². The van der Waals surface area contributed by atoms with Gasteiger partial charge in [0, 0.05) is 31.1 Å². The van der Waals surface area contributed by atoms with E-state index in [0.717, 1.165) is 24.3 Å². The van der Waals surface area contributed by atoms with Crippen molar-refractivity contribution in [2.24, 2.45) is 0 Å². The van der Waals surface area contributed by atoms with Crippen molar-refractivity contribution in [1.29, 1.82) is 0 Å². The zero-order chi connectivity index (χ0) is 19.5. The molecule has 1 aliphatic rings. The van der Waals surface area contributed by atoms with E-state index in [2.05, 4.69) is 20.3 Å². The first kappa shape index (κ1) is 18.7. The molecule has 1 fully saturated rings. The predicted molar refractivity (Wildman–Crippen MR) is 102 cm³/mol. The number of thioether (sulfide) groups is 1. The Kier molecular flexibility index (Phi) is 5.43. The van der Waals surface area contributed by atoms with Crippen molar-refractivity contribution < 1.29 is 13.8 Å². The van der Waals surface area contributed by atoms with E-state index in [1.807, 2.05) is 24.0 Å². The van der Waals surface area contributed by atoms with Crippen molar-refractivity contribution in [3.05, 3.63) is 53.1 Å². The summed E-state index contributed by atoms with van der Waals surface area (Å²) in [4.78, 5) is 23.8. The minimum Gasteiger partial charge on any atom is -0.361 e. The summed E-state index contributed by atoms with van der Waals surface area (Å²) in [5, 5.41) is 8.57. The topological polar surface area (TPSA) is 98.2 Å². The first-order valence-electron chi connectivity index (χ1n) is 9.19. The van der Waals surface area contributed by atoms with Crippen LogP contribution < -0.4 is 0 Å². The molecule has 0 radical (unpaired) electrons. The van der Waals surface area contributed by atoms with Gasteiger partial charge < -0.3 is 13.9 Å². The molecule has 1 amide bonds. The first-order valence-corrected chi connectivity index (χ1v) is 10.2. The standard InChI is InChI=1S/C19H21N5O3S/c1-12-9-15(23-26-12)11-28-18-16(6-3-7-20-18)19(25)24-8-4-5-14(10-24)17-21-13(2)22-27-17/h3,6-7,9,14H,4-5,8,10-11H2,1-2H3. The third-order valence-electron chi connectivity index (χ3n) is 4.64. The Balaban J connectivity index is 1.48. The largest absolute Gasteiger partial charge is 0.361 e. The highest BCUT2D eigenvalue weighted by molar-refractivity contribution is 7.98. The monoisotopic (exact) mass is 399 g/mol. The summed E-state index contributed by atoms with van der Waals surface area (Å²) >= 11 is 1.48. The second kappa shape index (κ2) is 8.14. The quantitative estimate of drug-likeness (QED) is 0.602. The number of piperidine rings is 1. The number of aromatic nitrogens is 4. The van der Waals surface area contributed by atoms with Gasteiger partial charge in [-0.05, 0) is 38.8 Å². The molecule has 1 aliphatic heterocycles. The number of pyridine rings is 1. The van der Waals surface area contributed by atoms with Crippen LogP contribution in [-0.4, -0.2) is 44.2 Å². The summed E-state index contributed by atoms with van der Waals surface area (Å²) in [7, 11) is 0. The van der Waals surface area contributed by atoms with Crippen LogP contribution in [0.25, 0.3) is 0 Å². The summed E-state index contributed by atoms with van der Waals surface area (Å²) in [5.74, 6) is 2.64. The molecule has 0 N–H and O–H groups in total. The van der Waals surface area contributed by atoms with E-state index in [4.69, 9.17) is 9.05 Å². The Bertz CT molecular complexity index is 970. The number of hydrogen-bond acceptors (Lipinski definition) is 8. The highest BCUT2D eigenvalue weighted by Gasteiger charge is 2.30. The number of carbonyl (C=O) groups excluding carboxylic acids is 1. The third kappa shape index (κ3) is 4.09. The first-order chi connectivity index (χ1) is 13.6. The summed E-state index contributed by atoms with van der Waals surface area (Å²) in [5.41, 5.74) is 1.44. The molecule has 0 spiro atoms. The molecule has 4 heterocycles. The zero-order valence-electron chi connectivity index (χ0n) is 15.8. The maximum atomic E-state index is 13.2. The molecule has 1 atom stereocenters. The molecule has 28 heavy (non-hydrogen) atoms. The van der Waals surface area contributed by atoms with E-state index in [0.29, 0.717) is 41.1 Å². The van der Waals surface area contributed by atoms with E-state index >= 15 is 0 Å². The van der Waals surface area contributed by atoms with E-state index in [1.165, 1.54) is 11.8 Å². The van der Waals surface area contributed by atoms with Gasteiger partial charge in [-0.15, -0.1) is 0 Å². The van der Waals surface area contributed by atoms with Crippen molar-refractivity contribution in [1.82, 2.24) is 25.2 Å². The molecule has 8 nitrogen and oxygen atoms in total. The second-order valence-electron chi connectivity index (χ2n) is 6.84. The summed E-state index contributed by atoms with van der Waals surface area (Å²) < 4.78 is 10.4. The van der Waals surface area contributed by atoms with E-state index in [9.17, 15) is 4.79 Å². The maximum absolute atomic E-state index is 13.2. The Morgan fingerprint density at radius 2 is 2.21 bits per heavy atom. The summed E-state index contributed by atoms with van der Waals surface area (Å²) in [6.07, 6.45) is 3.54. The highest BCUT2D eigenvalue weighted by Crippen LogP contribution is 2.29. The van der Waals surface area contributed by atoms with Crippen molar-refractivity contribution in [3.8, 4) is 0 Å². The Hall–Kier alpha value is -2.68. The average molecular weight is 399 g/mol. The number of hydrogen-bond donors (Lipinski definition) is 0. The minimum atomic E-state index is -0.0205. The molecule has 0 aliphatic carbocycles. The van der Waals surface area contributed by atoms with Gasteiger partial charge in [0.1, 0.15) is 10.8 Å². The highest BCUT2D eigenvalue weighted by atomic mass is 32.2. The van der Waals surface area contributed by atoms with Crippen molar-refractivity contribution in [3.63, 3.8) is 0 Å². The number of amides is 1. The number of likely N-dealkylation sites (tertiary alicyclic amines) is 1. The molecule has 9 heteroatoms. The molecule has 4 rings (SSSR count). The average Bonchev–Trinajstić information content (AvgIpc) is 3.34. The zero-order valence-corrected chi connectivity index (χ0v) is 16.6. The normalized spacial score (nSPS) is 17.1.